The summed E-state index contributed by atoms with van der Waals surface area (Å²) in [5.74, 6) is -10.4. The van der Waals surface area contributed by atoms with Gasteiger partial charge in [0.15, 0.2) is 0 Å². The average Bonchev–Trinajstić information content (AvgIpc) is 2.50. The van der Waals surface area contributed by atoms with E-state index in [1.165, 1.54) is 0 Å². The Kier molecular flexibility index (Phi) is 25.5. The molecule has 0 aliphatic rings. The molecule has 30 heavy (non-hydrogen) atoms. The minimum absolute atomic E-state index is 0. The van der Waals surface area contributed by atoms with Crippen molar-refractivity contribution in [2.75, 3.05) is 0 Å². The summed E-state index contributed by atoms with van der Waals surface area (Å²) in [5.41, 5.74) is -5.55. The molecule has 0 bridgehead atoms. The molecule has 0 saturated carbocycles. The Morgan fingerprint density at radius 2 is 0.800 bits per heavy atom. The number of rotatable bonds is 5. The van der Waals surface area contributed by atoms with E-state index in [1.54, 1.807) is 0 Å². The van der Waals surface area contributed by atoms with Gasteiger partial charge in [0.2, 0.25) is 0 Å². The number of carbonyl (C=O) groups is 5. The Morgan fingerprint density at radius 3 is 1.13 bits per heavy atom. The third kappa shape index (κ3) is 9.94. The number of hydrogen-bond donors (Lipinski definition) is 0. The molecule has 0 aliphatic carbocycles. The van der Waals surface area contributed by atoms with E-state index in [0.717, 1.165) is 0 Å². The van der Waals surface area contributed by atoms with E-state index in [1.807, 2.05) is 0 Å². The van der Waals surface area contributed by atoms with Crippen LogP contribution in [0.15, 0.2) is 18.2 Å². The van der Waals surface area contributed by atoms with Gasteiger partial charge in [0.05, 0.1) is 29.8 Å². The maximum atomic E-state index is 11.3. The Bertz CT molecular complexity index is 1000. The first kappa shape index (κ1) is 41.4. The minimum atomic E-state index is -2.20. The molecule has 0 unspecified atom stereocenters. The van der Waals surface area contributed by atoms with Crippen LogP contribution in [0.25, 0.3) is 10.8 Å². The van der Waals surface area contributed by atoms with E-state index in [0.29, 0.717) is 18.2 Å². The second kappa shape index (κ2) is 18.5. The quantitative estimate of drug-likeness (QED) is 0.329. The van der Waals surface area contributed by atoms with Crippen LogP contribution in [0.2, 0.25) is 0 Å². The number of carboxylic acid groups (broad SMARTS) is 5. The summed E-state index contributed by atoms with van der Waals surface area (Å²) >= 11 is 0. The second-order valence-corrected chi connectivity index (χ2v) is 4.73. The summed E-state index contributed by atoms with van der Waals surface area (Å²) < 4.78 is 0. The van der Waals surface area contributed by atoms with Gasteiger partial charge in [0.1, 0.15) is 0 Å². The van der Waals surface area contributed by atoms with Crippen LogP contribution in [0.4, 0.5) is 0 Å². The topological polar surface area (TPSA) is 201 Å². The first-order chi connectivity index (χ1) is 11.6. The maximum absolute atomic E-state index is 11.3. The molecule has 0 saturated heterocycles. The van der Waals surface area contributed by atoms with Crippen molar-refractivity contribution < 1.29 is 306 Å². The fraction of sp³-hybridized carbons (Fsp3) is 0. The average molecular weight is 539 g/mol. The van der Waals surface area contributed by atoms with Crippen LogP contribution >= 0.6 is 0 Å². The van der Waals surface area contributed by atoms with Crippen LogP contribution in [0, 0.1) is 0 Å². The minimum Gasteiger partial charge on any atom is -0.545 e. The maximum Gasteiger partial charge on any atom is 1.00 e. The molecule has 10 nitrogen and oxygen atoms in total. The van der Waals surface area contributed by atoms with Gasteiger partial charge >= 0.3 is 257 Å². The molecule has 0 fully saturated rings. The monoisotopic (exact) mass is 538 g/mol. The molecule has 0 aromatic heterocycles. The zero-order valence-electron chi connectivity index (χ0n) is 16.8. The predicted molar refractivity (Wildman–Crippen MR) is 65.6 cm³/mol. The summed E-state index contributed by atoms with van der Waals surface area (Å²) in [7, 11) is 0. The molecule has 0 atom stereocenters. The van der Waals surface area contributed by atoms with Gasteiger partial charge in [0, 0.05) is 27.8 Å². The van der Waals surface area contributed by atoms with Crippen molar-refractivity contribution in [3.05, 3.63) is 46.0 Å². The Hall–Kier alpha value is 4.23. The van der Waals surface area contributed by atoms with Gasteiger partial charge in [-0.2, -0.15) is 0 Å². The number of fused-ring (bicyclic) bond motifs is 1. The molecule has 0 aliphatic heterocycles. The van der Waals surface area contributed by atoms with Crippen molar-refractivity contribution in [3.63, 3.8) is 0 Å². The van der Waals surface area contributed by atoms with E-state index in [4.69, 9.17) is 0 Å². The largest absolute Gasteiger partial charge is 1.00 e. The number of aromatic carboxylic acids is 5. The molecule has 128 valence electrons. The van der Waals surface area contributed by atoms with Gasteiger partial charge in [-0.05, 0) is 29.0 Å². The first-order valence-corrected chi connectivity index (χ1v) is 6.27. The number of hydrogen-bond acceptors (Lipinski definition) is 10. The number of benzene rings is 2. The number of carbonyl (C=O) groups excluding carboxylic acids is 5. The second-order valence-electron chi connectivity index (χ2n) is 4.73. The van der Waals surface area contributed by atoms with Gasteiger partial charge in [0.25, 0.3) is 0 Å². The van der Waals surface area contributed by atoms with Crippen molar-refractivity contribution in [1.29, 1.82) is 0 Å². The van der Waals surface area contributed by atoms with Crippen molar-refractivity contribution in [1.82, 2.24) is 0 Å². The van der Waals surface area contributed by atoms with E-state index >= 15 is 0 Å². The van der Waals surface area contributed by atoms with E-state index in [9.17, 15) is 49.5 Å². The van der Waals surface area contributed by atoms with Gasteiger partial charge < -0.3 is 49.5 Å². The molecule has 0 spiro atoms. The summed E-state index contributed by atoms with van der Waals surface area (Å²) in [6, 6.07) is 1.72. The van der Waals surface area contributed by atoms with Crippen LogP contribution in [0.5, 0.6) is 0 Å². The molecule has 0 amide bonds. The van der Waals surface area contributed by atoms with Gasteiger partial charge in [-0.25, -0.2) is 0 Å². The Balaban J connectivity index is -0.000000676. The number of carboxylic acids is 5. The predicted octanol–water partition coefficient (Wildman–Crippen LogP) is -20.3. The molecular weight excluding hydrogens is 536 g/mol. The molecule has 2 aromatic rings. The molecule has 0 N–H and O–H groups in total. The van der Waals surface area contributed by atoms with Crippen LogP contribution in [0.1, 0.15) is 51.8 Å². The third-order valence-corrected chi connectivity index (χ3v) is 3.35. The molecule has 2 aromatic carbocycles. The van der Waals surface area contributed by atoms with Crippen LogP contribution in [-0.2, 0) is 0 Å². The van der Waals surface area contributed by atoms with Crippen molar-refractivity contribution >= 4 is 40.6 Å². The molecule has 0 heterocycles. The summed E-state index contributed by atoms with van der Waals surface area (Å²) in [6.07, 6.45) is 0. The Morgan fingerprint density at radius 1 is 0.467 bits per heavy atom. The van der Waals surface area contributed by atoms with Gasteiger partial charge in [-0.1, -0.05) is 0 Å². The van der Waals surface area contributed by atoms with E-state index in [2.05, 4.69) is 0 Å². The van der Waals surface area contributed by atoms with Crippen molar-refractivity contribution in [2.45, 2.75) is 0 Å². The smallest absolute Gasteiger partial charge is 0.545 e. The molecule has 2 rings (SSSR count). The molecule has 15 heteroatoms. The fourth-order valence-corrected chi connectivity index (χ4v) is 2.37. The summed E-state index contributed by atoms with van der Waals surface area (Å²) in [4.78, 5) is 55.6. The van der Waals surface area contributed by atoms with Crippen LogP contribution < -0.4 is 282 Å². The fourth-order valence-electron chi connectivity index (χ4n) is 2.37. The Labute approximate surface area is 381 Å². The summed E-state index contributed by atoms with van der Waals surface area (Å²) in [5, 5.41) is 54.6. The van der Waals surface area contributed by atoms with E-state index < -0.39 is 68.4 Å². The molecular formula is C15H3K5O10. The van der Waals surface area contributed by atoms with Gasteiger partial charge in [-0.15, -0.1) is 0 Å². The van der Waals surface area contributed by atoms with Crippen molar-refractivity contribution in [3.8, 4) is 0 Å². The van der Waals surface area contributed by atoms with Gasteiger partial charge in [-0.3, -0.25) is 0 Å². The standard InChI is InChI=1S/C15H8O10.5K/c16-11(17)6-1-4-2-8(13(20)21)10(15(24)25)9(14(22)23)5(4)3-7(6)12(18)19;;;;;/h1-3H,(H,16,17)(H,18,19)(H,20,21)(H,22,23)(H,24,25);;;;;/q;5*+1/p-5. The van der Waals surface area contributed by atoms with E-state index in [-0.39, 0.29) is 257 Å². The summed E-state index contributed by atoms with van der Waals surface area (Å²) in [6.45, 7) is 0. The normalized spacial score (nSPS) is 8.67. The third-order valence-electron chi connectivity index (χ3n) is 3.35. The van der Waals surface area contributed by atoms with Crippen LogP contribution in [0.3, 0.4) is 0 Å². The first-order valence-electron chi connectivity index (χ1n) is 6.27. The van der Waals surface area contributed by atoms with Crippen molar-refractivity contribution in [2.24, 2.45) is 0 Å². The zero-order chi connectivity index (χ0) is 19.0. The molecule has 0 radical (unpaired) electrons. The van der Waals surface area contributed by atoms with Crippen LogP contribution in [-0.4, -0.2) is 29.8 Å². The zero-order valence-corrected chi connectivity index (χ0v) is 32.4. The SMILES string of the molecule is O=C([O-])c1cc2cc(C(=O)[O-])c(C(=O)[O-])c(C(=O)[O-])c2cc1C(=O)[O-].[K+].[K+].[K+].[K+].[K+].